The summed E-state index contributed by atoms with van der Waals surface area (Å²) in [5.41, 5.74) is 1.15. The summed E-state index contributed by atoms with van der Waals surface area (Å²) < 4.78 is 26.9. The van der Waals surface area contributed by atoms with E-state index < -0.39 is 10.0 Å². The van der Waals surface area contributed by atoms with Crippen molar-refractivity contribution in [2.75, 3.05) is 19.0 Å². The molecule has 0 spiro atoms. The molecular weight excluding hydrogens is 286 g/mol. The third-order valence-corrected chi connectivity index (χ3v) is 6.00. The molecule has 0 aliphatic carbocycles. The number of halogens is 1. The molecule has 19 heavy (non-hydrogen) atoms. The zero-order valence-electron chi connectivity index (χ0n) is 11.3. The Balaban J connectivity index is 2.25. The number of H-pyrrole nitrogens is 1. The number of hydrogen-bond acceptors (Lipinski definition) is 3. The average molecular weight is 306 g/mol. The van der Waals surface area contributed by atoms with Crippen LogP contribution in [0.25, 0.3) is 0 Å². The molecule has 1 aromatic heterocycles. The van der Waals surface area contributed by atoms with E-state index in [9.17, 15) is 8.42 Å². The number of rotatable bonds is 4. The normalized spacial score (nSPS) is 21.7. The van der Waals surface area contributed by atoms with Crippen molar-refractivity contribution in [2.24, 2.45) is 5.92 Å². The minimum Gasteiger partial charge on any atom is -0.281 e. The summed E-state index contributed by atoms with van der Waals surface area (Å²) >= 11 is 5.76. The molecule has 0 saturated carbocycles. The number of aryl methyl sites for hydroxylation is 2. The first-order chi connectivity index (χ1) is 8.96. The van der Waals surface area contributed by atoms with Crippen LogP contribution in [0.3, 0.4) is 0 Å². The van der Waals surface area contributed by atoms with Gasteiger partial charge in [-0.15, -0.1) is 11.6 Å². The lowest BCUT2D eigenvalue weighted by Gasteiger charge is -2.31. The van der Waals surface area contributed by atoms with Gasteiger partial charge in [0.15, 0.2) is 0 Å². The molecule has 0 radical (unpaired) electrons. The SMILES string of the molecule is Cc1n[nH]c(C)c1S(=O)(=O)N1CCCC(CCCl)C1. The highest BCUT2D eigenvalue weighted by molar-refractivity contribution is 7.89. The second-order valence-electron chi connectivity index (χ2n) is 5.11. The maximum Gasteiger partial charge on any atom is 0.246 e. The minimum absolute atomic E-state index is 0.332. The Morgan fingerprint density at radius 1 is 1.47 bits per heavy atom. The molecule has 0 bridgehead atoms. The van der Waals surface area contributed by atoms with Crippen LogP contribution >= 0.6 is 11.6 Å². The number of nitrogens with zero attached hydrogens (tertiary/aromatic N) is 2. The molecule has 7 heteroatoms. The molecule has 1 aliphatic rings. The van der Waals surface area contributed by atoms with Crippen molar-refractivity contribution < 1.29 is 8.42 Å². The number of hydrogen-bond donors (Lipinski definition) is 1. The van der Waals surface area contributed by atoms with E-state index in [0.29, 0.717) is 41.2 Å². The second-order valence-corrected chi connectivity index (χ2v) is 7.36. The molecule has 1 aliphatic heterocycles. The lowest BCUT2D eigenvalue weighted by Crippen LogP contribution is -2.40. The van der Waals surface area contributed by atoms with Crippen LogP contribution in [-0.2, 0) is 10.0 Å². The van der Waals surface area contributed by atoms with Crippen molar-refractivity contribution >= 4 is 21.6 Å². The van der Waals surface area contributed by atoms with Crippen LogP contribution in [0.15, 0.2) is 4.90 Å². The fourth-order valence-corrected chi connectivity index (χ4v) is 4.88. The third-order valence-electron chi connectivity index (χ3n) is 3.66. The standard InChI is InChI=1S/C12H20ClN3O2S/c1-9-12(10(2)15-14-9)19(17,18)16-7-3-4-11(8-16)5-6-13/h11H,3-8H2,1-2H3,(H,14,15). The molecule has 1 aromatic rings. The molecule has 5 nitrogen and oxygen atoms in total. The van der Waals surface area contributed by atoms with Crippen LogP contribution < -0.4 is 0 Å². The highest BCUT2D eigenvalue weighted by Crippen LogP contribution is 2.27. The van der Waals surface area contributed by atoms with E-state index in [1.807, 2.05) is 0 Å². The topological polar surface area (TPSA) is 66.1 Å². The number of piperidine rings is 1. The van der Waals surface area contributed by atoms with Crippen molar-refractivity contribution in [1.82, 2.24) is 14.5 Å². The lowest BCUT2D eigenvalue weighted by molar-refractivity contribution is 0.262. The Kier molecular flexibility index (Phi) is 4.53. The molecule has 1 unspecified atom stereocenters. The zero-order valence-corrected chi connectivity index (χ0v) is 12.9. The van der Waals surface area contributed by atoms with Gasteiger partial charge in [0.1, 0.15) is 4.90 Å². The molecule has 1 fully saturated rings. The minimum atomic E-state index is -3.43. The van der Waals surface area contributed by atoms with E-state index in [1.54, 1.807) is 18.2 Å². The van der Waals surface area contributed by atoms with Gasteiger partial charge in [-0.3, -0.25) is 5.10 Å². The summed E-state index contributed by atoms with van der Waals surface area (Å²) in [7, 11) is -3.43. The fraction of sp³-hybridized carbons (Fsp3) is 0.750. The van der Waals surface area contributed by atoms with Crippen LogP contribution in [0, 0.1) is 19.8 Å². The summed E-state index contributed by atoms with van der Waals surface area (Å²) in [5.74, 6) is 0.955. The molecule has 108 valence electrons. The van der Waals surface area contributed by atoms with Crippen molar-refractivity contribution in [3.8, 4) is 0 Å². The van der Waals surface area contributed by atoms with Crippen LogP contribution in [0.5, 0.6) is 0 Å². The quantitative estimate of drug-likeness (QED) is 0.866. The lowest BCUT2D eigenvalue weighted by atomic mass is 9.97. The van der Waals surface area contributed by atoms with Gasteiger partial charge >= 0.3 is 0 Å². The molecule has 1 saturated heterocycles. The number of aromatic amines is 1. The maximum absolute atomic E-state index is 12.7. The Hall–Kier alpha value is -0.590. The van der Waals surface area contributed by atoms with Gasteiger partial charge in [-0.25, -0.2) is 8.42 Å². The molecule has 1 N–H and O–H groups in total. The van der Waals surface area contributed by atoms with Gasteiger partial charge < -0.3 is 0 Å². The van der Waals surface area contributed by atoms with Crippen molar-refractivity contribution in [3.63, 3.8) is 0 Å². The van der Waals surface area contributed by atoms with Crippen LogP contribution in [0.2, 0.25) is 0 Å². The van der Waals surface area contributed by atoms with E-state index in [4.69, 9.17) is 11.6 Å². The van der Waals surface area contributed by atoms with E-state index in [-0.39, 0.29) is 0 Å². The first kappa shape index (κ1) is 14.8. The first-order valence-electron chi connectivity index (χ1n) is 6.54. The van der Waals surface area contributed by atoms with E-state index in [1.165, 1.54) is 0 Å². The number of alkyl halides is 1. The van der Waals surface area contributed by atoms with Gasteiger partial charge in [0.25, 0.3) is 0 Å². The number of aromatic nitrogens is 2. The number of sulfonamides is 1. The van der Waals surface area contributed by atoms with E-state index in [2.05, 4.69) is 10.2 Å². The molecule has 0 aromatic carbocycles. The molecule has 1 atom stereocenters. The average Bonchev–Trinajstić information content (AvgIpc) is 2.70. The zero-order chi connectivity index (χ0) is 14.0. The predicted octanol–water partition coefficient (Wildman–Crippen LogP) is 2.06. The predicted molar refractivity (Wildman–Crippen MR) is 74.9 cm³/mol. The van der Waals surface area contributed by atoms with Gasteiger partial charge in [0.2, 0.25) is 10.0 Å². The molecule has 0 amide bonds. The third kappa shape index (κ3) is 2.95. The van der Waals surface area contributed by atoms with Gasteiger partial charge in [-0.1, -0.05) is 0 Å². The molecular formula is C12H20ClN3O2S. The van der Waals surface area contributed by atoms with E-state index in [0.717, 1.165) is 19.3 Å². The molecule has 2 heterocycles. The Morgan fingerprint density at radius 2 is 2.21 bits per heavy atom. The fourth-order valence-electron chi connectivity index (χ4n) is 2.68. The van der Waals surface area contributed by atoms with Crippen molar-refractivity contribution in [2.45, 2.75) is 38.0 Å². The molecule has 2 rings (SSSR count). The highest BCUT2D eigenvalue weighted by Gasteiger charge is 2.33. The van der Waals surface area contributed by atoms with Crippen molar-refractivity contribution in [3.05, 3.63) is 11.4 Å². The van der Waals surface area contributed by atoms with Gasteiger partial charge in [-0.2, -0.15) is 9.40 Å². The van der Waals surface area contributed by atoms with Crippen molar-refractivity contribution in [1.29, 1.82) is 0 Å². The smallest absolute Gasteiger partial charge is 0.246 e. The highest BCUT2D eigenvalue weighted by atomic mass is 35.5. The van der Waals surface area contributed by atoms with Crippen LogP contribution in [0.4, 0.5) is 0 Å². The van der Waals surface area contributed by atoms with Crippen LogP contribution in [0.1, 0.15) is 30.7 Å². The summed E-state index contributed by atoms with van der Waals surface area (Å²) in [6.45, 7) is 4.62. The summed E-state index contributed by atoms with van der Waals surface area (Å²) in [4.78, 5) is 0.332. The largest absolute Gasteiger partial charge is 0.281 e. The van der Waals surface area contributed by atoms with Gasteiger partial charge in [0.05, 0.1) is 11.4 Å². The first-order valence-corrected chi connectivity index (χ1v) is 8.52. The second kappa shape index (κ2) is 5.81. The van der Waals surface area contributed by atoms with Gasteiger partial charge in [0, 0.05) is 19.0 Å². The Morgan fingerprint density at radius 3 is 2.79 bits per heavy atom. The Bertz CT molecular complexity index is 520. The van der Waals surface area contributed by atoms with Gasteiger partial charge in [-0.05, 0) is 39.0 Å². The summed E-state index contributed by atoms with van der Waals surface area (Å²) in [5, 5.41) is 6.72. The summed E-state index contributed by atoms with van der Waals surface area (Å²) in [6.07, 6.45) is 2.83. The maximum atomic E-state index is 12.7. The summed E-state index contributed by atoms with van der Waals surface area (Å²) in [6, 6.07) is 0. The monoisotopic (exact) mass is 305 g/mol. The van der Waals surface area contributed by atoms with Crippen LogP contribution in [-0.4, -0.2) is 41.9 Å². The Labute approximate surface area is 119 Å². The number of nitrogens with one attached hydrogen (secondary N) is 1. The van der Waals surface area contributed by atoms with E-state index >= 15 is 0 Å².